The van der Waals surface area contributed by atoms with Crippen molar-refractivity contribution in [2.75, 3.05) is 13.1 Å². The molecule has 0 heterocycles. The molecule has 1 rings (SSSR count). The average molecular weight is 356 g/mol. The molecule has 1 atom stereocenters. The van der Waals surface area contributed by atoms with E-state index < -0.39 is 16.1 Å². The van der Waals surface area contributed by atoms with E-state index in [4.69, 9.17) is 4.74 Å². The van der Waals surface area contributed by atoms with Crippen LogP contribution in [0.3, 0.4) is 0 Å². The molecule has 0 saturated carbocycles. The van der Waals surface area contributed by atoms with Gasteiger partial charge in [-0.3, -0.25) is 4.79 Å². The number of hydrogen-bond donors (Lipinski definition) is 2. The van der Waals surface area contributed by atoms with Gasteiger partial charge in [0.1, 0.15) is 5.75 Å². The van der Waals surface area contributed by atoms with Crippen molar-refractivity contribution >= 4 is 15.9 Å². The SMILES string of the molecule is CCCCNS(=O)(=O)c1ccc(O[C@@H](C)C(=O)NCC(C)C)cc1. The minimum Gasteiger partial charge on any atom is -0.481 e. The van der Waals surface area contributed by atoms with Crippen LogP contribution in [0.4, 0.5) is 0 Å². The molecule has 0 unspecified atom stereocenters. The average Bonchev–Trinajstić information content (AvgIpc) is 2.53. The van der Waals surface area contributed by atoms with E-state index in [1.807, 2.05) is 20.8 Å². The Morgan fingerprint density at radius 3 is 2.33 bits per heavy atom. The Morgan fingerprint density at radius 2 is 1.79 bits per heavy atom. The number of hydrogen-bond acceptors (Lipinski definition) is 4. The van der Waals surface area contributed by atoms with Crippen molar-refractivity contribution in [3.05, 3.63) is 24.3 Å². The molecule has 0 saturated heterocycles. The molecule has 1 aromatic carbocycles. The van der Waals surface area contributed by atoms with Gasteiger partial charge in [0.15, 0.2) is 6.10 Å². The van der Waals surface area contributed by atoms with Crippen molar-refractivity contribution in [1.29, 1.82) is 0 Å². The number of rotatable bonds is 10. The minimum absolute atomic E-state index is 0.183. The Kier molecular flexibility index (Phi) is 8.21. The Morgan fingerprint density at radius 1 is 1.17 bits per heavy atom. The maximum absolute atomic E-state index is 12.1. The summed E-state index contributed by atoms with van der Waals surface area (Å²) in [5.74, 6) is 0.627. The number of carbonyl (C=O) groups is 1. The first-order valence-corrected chi connectivity index (χ1v) is 9.78. The number of unbranched alkanes of at least 4 members (excludes halogenated alkanes) is 1. The molecule has 136 valence electrons. The maximum atomic E-state index is 12.1. The minimum atomic E-state index is -3.50. The number of ether oxygens (including phenoxy) is 1. The molecule has 2 N–H and O–H groups in total. The topological polar surface area (TPSA) is 84.5 Å². The fourth-order valence-corrected chi connectivity index (χ4v) is 2.94. The second-order valence-electron chi connectivity index (χ2n) is 6.12. The molecular weight excluding hydrogens is 328 g/mol. The van der Waals surface area contributed by atoms with E-state index in [1.165, 1.54) is 12.1 Å². The molecule has 0 aromatic heterocycles. The molecule has 0 radical (unpaired) electrons. The van der Waals surface area contributed by atoms with Crippen molar-refractivity contribution < 1.29 is 17.9 Å². The Labute approximate surface area is 145 Å². The van der Waals surface area contributed by atoms with E-state index in [1.54, 1.807) is 19.1 Å². The predicted octanol–water partition coefficient (Wildman–Crippen LogP) is 2.30. The predicted molar refractivity (Wildman–Crippen MR) is 94.5 cm³/mol. The van der Waals surface area contributed by atoms with Gasteiger partial charge in [0, 0.05) is 13.1 Å². The van der Waals surface area contributed by atoms with Crippen LogP contribution in [0, 0.1) is 5.92 Å². The zero-order valence-corrected chi connectivity index (χ0v) is 15.7. The first-order chi connectivity index (χ1) is 11.3. The van der Waals surface area contributed by atoms with Gasteiger partial charge in [0.05, 0.1) is 4.90 Å². The van der Waals surface area contributed by atoms with Crippen molar-refractivity contribution in [2.24, 2.45) is 5.92 Å². The standard InChI is InChI=1S/C17H28N2O4S/c1-5-6-11-19-24(21,22)16-9-7-15(8-10-16)23-14(4)17(20)18-12-13(2)3/h7-10,13-14,19H,5-6,11-12H2,1-4H3,(H,18,20)/t14-/m0/s1. The third kappa shape index (κ3) is 6.88. The molecule has 0 aliphatic carbocycles. The van der Waals surface area contributed by atoms with E-state index in [0.717, 1.165) is 12.8 Å². The van der Waals surface area contributed by atoms with Crippen LogP contribution >= 0.6 is 0 Å². The lowest BCUT2D eigenvalue weighted by molar-refractivity contribution is -0.127. The summed E-state index contributed by atoms with van der Waals surface area (Å²) in [4.78, 5) is 12.1. The van der Waals surface area contributed by atoms with Gasteiger partial charge < -0.3 is 10.1 Å². The summed E-state index contributed by atoms with van der Waals surface area (Å²) < 4.78 is 32.3. The van der Waals surface area contributed by atoms with E-state index >= 15 is 0 Å². The highest BCUT2D eigenvalue weighted by Crippen LogP contribution is 2.17. The summed E-state index contributed by atoms with van der Waals surface area (Å²) in [5.41, 5.74) is 0. The fourth-order valence-electron chi connectivity index (χ4n) is 1.87. The summed E-state index contributed by atoms with van der Waals surface area (Å²) in [7, 11) is -3.50. The van der Waals surface area contributed by atoms with Crippen LogP contribution in [0.5, 0.6) is 5.75 Å². The van der Waals surface area contributed by atoms with Crippen LogP contribution < -0.4 is 14.8 Å². The van der Waals surface area contributed by atoms with Crippen LogP contribution in [-0.4, -0.2) is 33.5 Å². The Balaban J connectivity index is 2.62. The maximum Gasteiger partial charge on any atom is 0.260 e. The van der Waals surface area contributed by atoms with Gasteiger partial charge in [-0.05, 0) is 43.5 Å². The lowest BCUT2D eigenvalue weighted by atomic mass is 10.2. The van der Waals surface area contributed by atoms with Crippen LogP contribution in [0.25, 0.3) is 0 Å². The lowest BCUT2D eigenvalue weighted by Gasteiger charge is -2.16. The summed E-state index contributed by atoms with van der Waals surface area (Å²) >= 11 is 0. The summed E-state index contributed by atoms with van der Waals surface area (Å²) in [6, 6.07) is 6.06. The van der Waals surface area contributed by atoms with E-state index in [2.05, 4.69) is 10.0 Å². The van der Waals surface area contributed by atoms with Gasteiger partial charge >= 0.3 is 0 Å². The zero-order valence-electron chi connectivity index (χ0n) is 14.8. The number of nitrogens with one attached hydrogen (secondary N) is 2. The molecular formula is C17H28N2O4S. The van der Waals surface area contributed by atoms with Crippen LogP contribution in [0.1, 0.15) is 40.5 Å². The van der Waals surface area contributed by atoms with E-state index in [0.29, 0.717) is 24.8 Å². The summed E-state index contributed by atoms with van der Waals surface area (Å²) in [5, 5.41) is 2.80. The monoisotopic (exact) mass is 356 g/mol. The van der Waals surface area contributed by atoms with Crippen molar-refractivity contribution in [3.8, 4) is 5.75 Å². The van der Waals surface area contributed by atoms with Gasteiger partial charge in [-0.1, -0.05) is 27.2 Å². The van der Waals surface area contributed by atoms with Crippen LogP contribution in [-0.2, 0) is 14.8 Å². The van der Waals surface area contributed by atoms with Gasteiger partial charge in [-0.2, -0.15) is 0 Å². The second kappa shape index (κ2) is 9.64. The second-order valence-corrected chi connectivity index (χ2v) is 7.89. The Hall–Kier alpha value is -1.60. The number of benzene rings is 1. The smallest absolute Gasteiger partial charge is 0.260 e. The van der Waals surface area contributed by atoms with Gasteiger partial charge in [-0.25, -0.2) is 13.1 Å². The van der Waals surface area contributed by atoms with Crippen LogP contribution in [0.2, 0.25) is 0 Å². The molecule has 0 bridgehead atoms. The molecule has 24 heavy (non-hydrogen) atoms. The summed E-state index contributed by atoms with van der Waals surface area (Å²) in [6.07, 6.45) is 1.07. The molecule has 0 fully saturated rings. The highest BCUT2D eigenvalue weighted by molar-refractivity contribution is 7.89. The normalized spacial score (nSPS) is 12.9. The molecule has 0 spiro atoms. The first kappa shape index (κ1) is 20.4. The largest absolute Gasteiger partial charge is 0.481 e. The molecule has 1 amide bonds. The lowest BCUT2D eigenvalue weighted by Crippen LogP contribution is -2.38. The van der Waals surface area contributed by atoms with Gasteiger partial charge in [-0.15, -0.1) is 0 Å². The third-order valence-electron chi connectivity index (χ3n) is 3.32. The highest BCUT2D eigenvalue weighted by Gasteiger charge is 2.16. The summed E-state index contributed by atoms with van der Waals surface area (Å²) in [6.45, 7) is 8.70. The van der Waals surface area contributed by atoms with E-state index in [9.17, 15) is 13.2 Å². The van der Waals surface area contributed by atoms with Crippen molar-refractivity contribution in [2.45, 2.75) is 51.5 Å². The molecule has 1 aromatic rings. The van der Waals surface area contributed by atoms with Gasteiger partial charge in [0.2, 0.25) is 10.0 Å². The molecule has 7 heteroatoms. The van der Waals surface area contributed by atoms with Crippen LogP contribution in [0.15, 0.2) is 29.2 Å². The first-order valence-electron chi connectivity index (χ1n) is 8.30. The zero-order chi connectivity index (χ0) is 18.2. The molecule has 6 nitrogen and oxygen atoms in total. The quantitative estimate of drug-likeness (QED) is 0.630. The van der Waals surface area contributed by atoms with Crippen molar-refractivity contribution in [1.82, 2.24) is 10.0 Å². The number of amides is 1. The van der Waals surface area contributed by atoms with Gasteiger partial charge in [0.25, 0.3) is 5.91 Å². The molecule has 0 aliphatic heterocycles. The third-order valence-corrected chi connectivity index (χ3v) is 4.80. The number of carbonyl (C=O) groups excluding carboxylic acids is 1. The highest BCUT2D eigenvalue weighted by atomic mass is 32.2. The van der Waals surface area contributed by atoms with E-state index in [-0.39, 0.29) is 10.8 Å². The number of sulfonamides is 1. The van der Waals surface area contributed by atoms with Crippen molar-refractivity contribution in [3.63, 3.8) is 0 Å². The fraction of sp³-hybridized carbons (Fsp3) is 0.588. The molecule has 0 aliphatic rings. The Bertz CT molecular complexity index is 612.